The van der Waals surface area contributed by atoms with E-state index in [-0.39, 0.29) is 5.75 Å². The van der Waals surface area contributed by atoms with Crippen molar-refractivity contribution in [3.63, 3.8) is 0 Å². The summed E-state index contributed by atoms with van der Waals surface area (Å²) < 4.78 is 5.76. The molecule has 0 aliphatic carbocycles. The van der Waals surface area contributed by atoms with Crippen LogP contribution in [0.1, 0.15) is 11.1 Å². The largest absolute Gasteiger partial charge is 0.507 e. The minimum absolute atomic E-state index is 0.282. The van der Waals surface area contributed by atoms with E-state index in [1.54, 1.807) is 6.07 Å². The molecule has 1 N–H and O–H groups in total. The molecule has 3 rings (SSSR count). The van der Waals surface area contributed by atoms with E-state index in [0.717, 1.165) is 33.1 Å². The van der Waals surface area contributed by atoms with Gasteiger partial charge in [0.25, 0.3) is 0 Å². The van der Waals surface area contributed by atoms with Gasteiger partial charge < -0.3 is 9.52 Å². The first-order chi connectivity index (χ1) is 7.66. The second-order valence-electron chi connectivity index (χ2n) is 4.21. The lowest BCUT2D eigenvalue weighted by Gasteiger charge is -1.97. The Kier molecular flexibility index (Phi) is 1.75. The van der Waals surface area contributed by atoms with Crippen molar-refractivity contribution >= 4 is 21.9 Å². The third-order valence-corrected chi connectivity index (χ3v) is 2.95. The van der Waals surface area contributed by atoms with Crippen LogP contribution in [0.5, 0.6) is 5.75 Å². The lowest BCUT2D eigenvalue weighted by Crippen LogP contribution is -1.74. The van der Waals surface area contributed by atoms with Crippen LogP contribution in [0.4, 0.5) is 0 Å². The van der Waals surface area contributed by atoms with E-state index in [9.17, 15) is 5.11 Å². The second kappa shape index (κ2) is 3.01. The molecule has 1 heterocycles. The molecule has 0 unspecified atom stereocenters. The number of phenolic OH excluding ortho intramolecular Hbond substituents is 1. The van der Waals surface area contributed by atoms with Crippen molar-refractivity contribution in [1.29, 1.82) is 0 Å². The van der Waals surface area contributed by atoms with Crippen LogP contribution in [0.25, 0.3) is 21.9 Å². The van der Waals surface area contributed by atoms with Crippen molar-refractivity contribution in [3.05, 3.63) is 41.5 Å². The Bertz CT molecular complexity index is 693. The molecule has 80 valence electrons. The van der Waals surface area contributed by atoms with Crippen LogP contribution in [-0.2, 0) is 0 Å². The van der Waals surface area contributed by atoms with Crippen LogP contribution in [0.3, 0.4) is 0 Å². The quantitative estimate of drug-likeness (QED) is 0.613. The Morgan fingerprint density at radius 2 is 1.88 bits per heavy atom. The van der Waals surface area contributed by atoms with E-state index >= 15 is 0 Å². The zero-order valence-corrected chi connectivity index (χ0v) is 9.24. The van der Waals surface area contributed by atoms with E-state index < -0.39 is 0 Å². The molecule has 2 aromatic carbocycles. The molecule has 2 heteroatoms. The Balaban J connectivity index is 2.62. The fraction of sp³-hybridized carbons (Fsp3) is 0.143. The zero-order valence-electron chi connectivity index (χ0n) is 9.24. The fourth-order valence-corrected chi connectivity index (χ4v) is 2.11. The molecule has 0 amide bonds. The lowest BCUT2D eigenvalue weighted by atomic mass is 10.1. The molecule has 0 fully saturated rings. The number of fused-ring (bicyclic) bond motifs is 3. The maximum atomic E-state index is 9.91. The van der Waals surface area contributed by atoms with Gasteiger partial charge in [-0.25, -0.2) is 0 Å². The number of aromatic hydroxyl groups is 1. The van der Waals surface area contributed by atoms with Gasteiger partial charge in [-0.3, -0.25) is 0 Å². The number of benzene rings is 2. The third-order valence-electron chi connectivity index (χ3n) is 2.95. The van der Waals surface area contributed by atoms with Gasteiger partial charge in [0, 0.05) is 5.39 Å². The number of aryl methyl sites for hydroxylation is 2. The Labute approximate surface area is 93.1 Å². The second-order valence-corrected chi connectivity index (χ2v) is 4.21. The van der Waals surface area contributed by atoms with Crippen LogP contribution in [0.15, 0.2) is 34.7 Å². The number of hydrogen-bond donors (Lipinski definition) is 1. The Morgan fingerprint density at radius 1 is 1.06 bits per heavy atom. The maximum Gasteiger partial charge on any atom is 0.142 e. The minimum atomic E-state index is 0.282. The van der Waals surface area contributed by atoms with Crippen LogP contribution < -0.4 is 0 Å². The van der Waals surface area contributed by atoms with Crippen molar-refractivity contribution in [1.82, 2.24) is 0 Å². The van der Waals surface area contributed by atoms with E-state index in [4.69, 9.17) is 4.42 Å². The highest BCUT2D eigenvalue weighted by atomic mass is 16.3. The Hall–Kier alpha value is -1.96. The molecule has 3 aromatic rings. The number of hydrogen-bond acceptors (Lipinski definition) is 2. The minimum Gasteiger partial charge on any atom is -0.507 e. The molecule has 0 bridgehead atoms. The van der Waals surface area contributed by atoms with Gasteiger partial charge in [0.15, 0.2) is 0 Å². The predicted octanol–water partition coefficient (Wildman–Crippen LogP) is 3.91. The van der Waals surface area contributed by atoms with E-state index in [0.29, 0.717) is 0 Å². The van der Waals surface area contributed by atoms with Gasteiger partial charge in [-0.1, -0.05) is 17.7 Å². The van der Waals surface area contributed by atoms with Gasteiger partial charge in [-0.15, -0.1) is 0 Å². The van der Waals surface area contributed by atoms with Gasteiger partial charge in [0.2, 0.25) is 0 Å². The highest BCUT2D eigenvalue weighted by molar-refractivity contribution is 6.09. The van der Waals surface area contributed by atoms with Crippen LogP contribution >= 0.6 is 0 Å². The zero-order chi connectivity index (χ0) is 11.3. The average molecular weight is 212 g/mol. The molecule has 0 saturated carbocycles. The summed E-state index contributed by atoms with van der Waals surface area (Å²) in [5.74, 6) is 0.282. The average Bonchev–Trinajstić information content (AvgIpc) is 2.63. The molecular weight excluding hydrogens is 200 g/mol. The normalized spacial score (nSPS) is 11.4. The molecule has 1 aromatic heterocycles. The molecule has 0 aliphatic heterocycles. The SMILES string of the molecule is Cc1ccc2oc3c(C)ccc(O)c3c2c1. The van der Waals surface area contributed by atoms with E-state index in [1.165, 1.54) is 0 Å². The molecule has 2 nitrogen and oxygen atoms in total. The molecule has 0 saturated heterocycles. The van der Waals surface area contributed by atoms with Crippen molar-refractivity contribution in [2.24, 2.45) is 0 Å². The smallest absolute Gasteiger partial charge is 0.142 e. The summed E-state index contributed by atoms with van der Waals surface area (Å²) in [6.45, 7) is 4.02. The monoisotopic (exact) mass is 212 g/mol. The van der Waals surface area contributed by atoms with Gasteiger partial charge >= 0.3 is 0 Å². The van der Waals surface area contributed by atoms with Gasteiger partial charge in [0.1, 0.15) is 16.9 Å². The number of rotatable bonds is 0. The summed E-state index contributed by atoms with van der Waals surface area (Å²) in [4.78, 5) is 0. The summed E-state index contributed by atoms with van der Waals surface area (Å²) in [5.41, 5.74) is 3.81. The van der Waals surface area contributed by atoms with Crippen LogP contribution in [-0.4, -0.2) is 5.11 Å². The van der Waals surface area contributed by atoms with Crippen molar-refractivity contribution < 1.29 is 9.52 Å². The first-order valence-corrected chi connectivity index (χ1v) is 5.28. The molecule has 16 heavy (non-hydrogen) atoms. The molecular formula is C14H12O2. The highest BCUT2D eigenvalue weighted by Crippen LogP contribution is 2.36. The molecule has 0 radical (unpaired) electrons. The maximum absolute atomic E-state index is 9.91. The van der Waals surface area contributed by atoms with Crippen molar-refractivity contribution in [3.8, 4) is 5.75 Å². The summed E-state index contributed by atoms with van der Waals surface area (Å²) in [5, 5.41) is 11.7. The van der Waals surface area contributed by atoms with Gasteiger partial charge in [-0.05, 0) is 37.6 Å². The van der Waals surface area contributed by atoms with Crippen molar-refractivity contribution in [2.45, 2.75) is 13.8 Å². The number of furan rings is 1. The first-order valence-electron chi connectivity index (χ1n) is 5.28. The van der Waals surface area contributed by atoms with E-state index in [2.05, 4.69) is 0 Å². The third kappa shape index (κ3) is 1.13. The Morgan fingerprint density at radius 3 is 2.69 bits per heavy atom. The van der Waals surface area contributed by atoms with E-state index in [1.807, 2.05) is 38.1 Å². The molecule has 0 aliphatic rings. The predicted molar refractivity (Wildman–Crippen MR) is 64.9 cm³/mol. The first kappa shape index (κ1) is 9.28. The molecule has 0 atom stereocenters. The van der Waals surface area contributed by atoms with Gasteiger partial charge in [0.05, 0.1) is 5.39 Å². The fourth-order valence-electron chi connectivity index (χ4n) is 2.11. The summed E-state index contributed by atoms with van der Waals surface area (Å²) in [6, 6.07) is 9.59. The summed E-state index contributed by atoms with van der Waals surface area (Å²) in [6.07, 6.45) is 0. The highest BCUT2D eigenvalue weighted by Gasteiger charge is 2.12. The van der Waals surface area contributed by atoms with Gasteiger partial charge in [-0.2, -0.15) is 0 Å². The number of phenols is 1. The lowest BCUT2D eigenvalue weighted by molar-refractivity contribution is 0.481. The molecule has 0 spiro atoms. The standard InChI is InChI=1S/C14H12O2/c1-8-3-6-12-10(7-8)13-11(15)5-4-9(2)14(13)16-12/h3-7,15H,1-2H3. The summed E-state index contributed by atoms with van der Waals surface area (Å²) in [7, 11) is 0. The topological polar surface area (TPSA) is 33.4 Å². The van der Waals surface area contributed by atoms with Crippen molar-refractivity contribution in [2.75, 3.05) is 0 Å². The van der Waals surface area contributed by atoms with Crippen LogP contribution in [0.2, 0.25) is 0 Å². The summed E-state index contributed by atoms with van der Waals surface area (Å²) >= 11 is 0. The van der Waals surface area contributed by atoms with Crippen LogP contribution in [0, 0.1) is 13.8 Å².